The molecule has 3 rings (SSSR count). The SMILES string of the molecule is Cc1ccc(C2CC(Cl)C3C(C)NNC3C2)cc1. The molecule has 0 aromatic heterocycles. The van der Waals surface area contributed by atoms with Crippen LogP contribution in [0.15, 0.2) is 24.3 Å². The summed E-state index contributed by atoms with van der Waals surface area (Å²) in [6.07, 6.45) is 2.29. The second-order valence-electron chi connectivity index (χ2n) is 5.86. The molecule has 5 atom stereocenters. The van der Waals surface area contributed by atoms with Gasteiger partial charge in [0.1, 0.15) is 0 Å². The monoisotopic (exact) mass is 264 g/mol. The zero-order valence-corrected chi connectivity index (χ0v) is 11.7. The third kappa shape index (κ3) is 2.18. The number of rotatable bonds is 1. The third-order valence-electron chi connectivity index (χ3n) is 4.55. The van der Waals surface area contributed by atoms with E-state index < -0.39 is 0 Å². The van der Waals surface area contributed by atoms with Gasteiger partial charge in [-0.25, -0.2) is 0 Å². The molecule has 1 saturated carbocycles. The van der Waals surface area contributed by atoms with Crippen molar-refractivity contribution >= 4 is 11.6 Å². The molecule has 1 heterocycles. The molecule has 0 spiro atoms. The van der Waals surface area contributed by atoms with Crippen molar-refractivity contribution in [2.24, 2.45) is 5.92 Å². The van der Waals surface area contributed by atoms with Gasteiger partial charge in [-0.3, -0.25) is 10.9 Å². The molecule has 1 saturated heterocycles. The molecule has 3 heteroatoms. The van der Waals surface area contributed by atoms with Gasteiger partial charge in [-0.15, -0.1) is 11.6 Å². The van der Waals surface area contributed by atoms with E-state index in [9.17, 15) is 0 Å². The van der Waals surface area contributed by atoms with Crippen molar-refractivity contribution < 1.29 is 0 Å². The van der Waals surface area contributed by atoms with Gasteiger partial charge in [-0.1, -0.05) is 29.8 Å². The summed E-state index contributed by atoms with van der Waals surface area (Å²) in [4.78, 5) is 0. The van der Waals surface area contributed by atoms with Crippen LogP contribution < -0.4 is 10.9 Å². The minimum atomic E-state index is 0.271. The number of hydrazine groups is 1. The molecule has 1 aliphatic heterocycles. The van der Waals surface area contributed by atoms with Crippen LogP contribution in [0.25, 0.3) is 0 Å². The second kappa shape index (κ2) is 4.84. The summed E-state index contributed by atoms with van der Waals surface area (Å²) in [6, 6.07) is 9.92. The highest BCUT2D eigenvalue weighted by molar-refractivity contribution is 6.21. The summed E-state index contributed by atoms with van der Waals surface area (Å²) >= 11 is 6.61. The largest absolute Gasteiger partial charge is 0.254 e. The highest BCUT2D eigenvalue weighted by Crippen LogP contribution is 2.41. The van der Waals surface area contributed by atoms with Gasteiger partial charge in [0.2, 0.25) is 0 Å². The maximum absolute atomic E-state index is 6.61. The van der Waals surface area contributed by atoms with E-state index in [-0.39, 0.29) is 5.38 Å². The first-order valence-electron chi connectivity index (χ1n) is 6.87. The lowest BCUT2D eigenvalue weighted by atomic mass is 9.74. The topological polar surface area (TPSA) is 24.1 Å². The fourth-order valence-electron chi connectivity index (χ4n) is 3.50. The molecule has 1 aromatic rings. The van der Waals surface area contributed by atoms with Crippen molar-refractivity contribution in [3.63, 3.8) is 0 Å². The molecule has 0 radical (unpaired) electrons. The predicted molar refractivity (Wildman–Crippen MR) is 75.8 cm³/mol. The Kier molecular flexibility index (Phi) is 3.35. The summed E-state index contributed by atoms with van der Waals surface area (Å²) in [5, 5.41) is 0.271. The quantitative estimate of drug-likeness (QED) is 0.762. The Bertz CT molecular complexity index is 417. The number of halogens is 1. The van der Waals surface area contributed by atoms with Gasteiger partial charge in [-0.2, -0.15) is 0 Å². The number of nitrogens with one attached hydrogen (secondary N) is 2. The molecule has 1 aliphatic carbocycles. The van der Waals surface area contributed by atoms with Gasteiger partial charge in [0.15, 0.2) is 0 Å². The second-order valence-corrected chi connectivity index (χ2v) is 6.42. The van der Waals surface area contributed by atoms with Crippen LogP contribution >= 0.6 is 11.6 Å². The molecular formula is C15H21ClN2. The zero-order chi connectivity index (χ0) is 12.7. The summed E-state index contributed by atoms with van der Waals surface area (Å²) in [5.41, 5.74) is 9.51. The molecule has 1 aromatic carbocycles. The maximum atomic E-state index is 6.61. The molecule has 2 aliphatic rings. The first-order chi connectivity index (χ1) is 8.65. The van der Waals surface area contributed by atoms with Crippen LogP contribution in [0.2, 0.25) is 0 Å². The molecule has 2 N–H and O–H groups in total. The molecule has 2 fully saturated rings. The van der Waals surface area contributed by atoms with Crippen LogP contribution in [0.3, 0.4) is 0 Å². The Morgan fingerprint density at radius 1 is 1.11 bits per heavy atom. The van der Waals surface area contributed by atoms with Crippen LogP contribution in [0, 0.1) is 12.8 Å². The normalized spacial score (nSPS) is 39.6. The van der Waals surface area contributed by atoms with Crippen molar-refractivity contribution in [1.82, 2.24) is 10.9 Å². The average Bonchev–Trinajstić information content (AvgIpc) is 2.72. The molecular weight excluding hydrogens is 244 g/mol. The molecule has 98 valence electrons. The van der Waals surface area contributed by atoms with Crippen LogP contribution in [0.5, 0.6) is 0 Å². The molecule has 5 unspecified atom stereocenters. The zero-order valence-electron chi connectivity index (χ0n) is 11.0. The van der Waals surface area contributed by atoms with E-state index in [2.05, 4.69) is 49.0 Å². The van der Waals surface area contributed by atoms with Crippen LogP contribution in [-0.2, 0) is 0 Å². The highest BCUT2D eigenvalue weighted by Gasteiger charge is 2.43. The number of hydrogen-bond acceptors (Lipinski definition) is 2. The van der Waals surface area contributed by atoms with Gasteiger partial charge in [0.25, 0.3) is 0 Å². The van der Waals surface area contributed by atoms with Crippen molar-refractivity contribution in [1.29, 1.82) is 0 Å². The first kappa shape index (κ1) is 12.5. The summed E-state index contributed by atoms with van der Waals surface area (Å²) in [5.74, 6) is 1.15. The highest BCUT2D eigenvalue weighted by atomic mass is 35.5. The Morgan fingerprint density at radius 3 is 2.56 bits per heavy atom. The fourth-order valence-corrected chi connectivity index (χ4v) is 4.11. The van der Waals surface area contributed by atoms with Gasteiger partial charge in [0, 0.05) is 23.4 Å². The molecule has 2 nitrogen and oxygen atoms in total. The van der Waals surface area contributed by atoms with E-state index in [0.29, 0.717) is 23.9 Å². The van der Waals surface area contributed by atoms with Crippen molar-refractivity contribution in [2.75, 3.05) is 0 Å². The Labute approximate surface area is 114 Å². The van der Waals surface area contributed by atoms with Crippen molar-refractivity contribution in [3.05, 3.63) is 35.4 Å². The third-order valence-corrected chi connectivity index (χ3v) is 5.02. The lowest BCUT2D eigenvalue weighted by molar-refractivity contribution is 0.290. The maximum Gasteiger partial charge on any atom is 0.0400 e. The number of hydrogen-bond donors (Lipinski definition) is 2. The standard InChI is InChI=1S/C15H21ClN2/c1-9-3-5-11(6-4-9)12-7-13(16)15-10(2)17-18-14(15)8-12/h3-6,10,12-15,17-18H,7-8H2,1-2H3. The summed E-state index contributed by atoms with van der Waals surface area (Å²) in [7, 11) is 0. The smallest absolute Gasteiger partial charge is 0.0400 e. The predicted octanol–water partition coefficient (Wildman–Crippen LogP) is 2.96. The van der Waals surface area contributed by atoms with Crippen molar-refractivity contribution in [2.45, 2.75) is 50.1 Å². The minimum Gasteiger partial charge on any atom is -0.254 e. The summed E-state index contributed by atoms with van der Waals surface area (Å²) in [6.45, 7) is 4.36. The number of alkyl halides is 1. The Hall–Kier alpha value is -0.570. The Balaban J connectivity index is 1.78. The van der Waals surface area contributed by atoms with E-state index in [1.54, 1.807) is 0 Å². The summed E-state index contributed by atoms with van der Waals surface area (Å²) < 4.78 is 0. The van der Waals surface area contributed by atoms with Crippen LogP contribution in [0.4, 0.5) is 0 Å². The van der Waals surface area contributed by atoms with E-state index in [0.717, 1.165) is 6.42 Å². The van der Waals surface area contributed by atoms with Crippen LogP contribution in [0.1, 0.15) is 36.8 Å². The first-order valence-corrected chi connectivity index (χ1v) is 7.30. The van der Waals surface area contributed by atoms with Crippen LogP contribution in [-0.4, -0.2) is 17.5 Å². The number of aryl methyl sites for hydroxylation is 1. The lowest BCUT2D eigenvalue weighted by Crippen LogP contribution is -2.40. The van der Waals surface area contributed by atoms with Gasteiger partial charge < -0.3 is 0 Å². The lowest BCUT2D eigenvalue weighted by Gasteiger charge is -2.36. The number of benzene rings is 1. The van der Waals surface area contributed by atoms with E-state index in [1.165, 1.54) is 17.5 Å². The van der Waals surface area contributed by atoms with Gasteiger partial charge in [0.05, 0.1) is 0 Å². The van der Waals surface area contributed by atoms with E-state index >= 15 is 0 Å². The molecule has 0 amide bonds. The van der Waals surface area contributed by atoms with Crippen molar-refractivity contribution in [3.8, 4) is 0 Å². The average molecular weight is 265 g/mol. The fraction of sp³-hybridized carbons (Fsp3) is 0.600. The Morgan fingerprint density at radius 2 is 1.83 bits per heavy atom. The van der Waals surface area contributed by atoms with E-state index in [1.807, 2.05) is 0 Å². The molecule has 0 bridgehead atoms. The van der Waals surface area contributed by atoms with Gasteiger partial charge in [-0.05, 0) is 38.2 Å². The number of fused-ring (bicyclic) bond motifs is 1. The minimum absolute atomic E-state index is 0.271. The van der Waals surface area contributed by atoms with E-state index in [4.69, 9.17) is 11.6 Å². The van der Waals surface area contributed by atoms with Gasteiger partial charge >= 0.3 is 0 Å². The molecule has 18 heavy (non-hydrogen) atoms.